The highest BCUT2D eigenvalue weighted by Gasteiger charge is 2.33. The summed E-state index contributed by atoms with van der Waals surface area (Å²) in [6.45, 7) is 6.00. The van der Waals surface area contributed by atoms with Gasteiger partial charge < -0.3 is 0 Å². The molecule has 0 aromatic carbocycles. The van der Waals surface area contributed by atoms with Gasteiger partial charge in [-0.15, -0.1) is 13.2 Å². The monoisotopic (exact) mass is 230 g/mol. The Hall–Kier alpha value is 0.220. The van der Waals surface area contributed by atoms with Crippen LogP contribution in [0.3, 0.4) is 0 Å². The molecule has 0 heterocycles. The molecule has 0 nitrogen and oxygen atoms in total. The lowest BCUT2D eigenvalue weighted by Crippen LogP contribution is -2.12. The van der Waals surface area contributed by atoms with E-state index in [1.807, 2.05) is 0 Å². The minimum absolute atomic E-state index is 0.862. The highest BCUT2D eigenvalue weighted by molar-refractivity contribution is 9.09. The molecule has 0 amide bonds. The molecule has 2 aliphatic rings. The summed E-state index contributed by atoms with van der Waals surface area (Å²) in [6.07, 6.45) is 8.97. The molecule has 0 aromatic rings. The van der Waals surface area contributed by atoms with Crippen molar-refractivity contribution in [2.24, 2.45) is 11.8 Å². The van der Waals surface area contributed by atoms with Crippen molar-refractivity contribution in [2.75, 3.05) is 0 Å². The molecule has 0 radical (unpaired) electrons. The average molecular weight is 231 g/mol. The third-order valence-corrected chi connectivity index (χ3v) is 3.93. The predicted octanol–water partition coefficient (Wildman–Crippen LogP) is 4.15. The predicted molar refractivity (Wildman–Crippen MR) is 58.7 cm³/mol. The van der Waals surface area contributed by atoms with Gasteiger partial charge in [0, 0.05) is 4.83 Å². The molecule has 0 N–H and O–H groups in total. The normalized spacial score (nSPS) is 39.6. The Bertz CT molecular complexity index is 119. The SMILES string of the molecule is BrC1CC2CCCCC2C1.C=C. The second-order valence-electron chi connectivity index (χ2n) is 3.87. The molecule has 12 heavy (non-hydrogen) atoms. The molecule has 0 aromatic heterocycles. The molecule has 2 rings (SSSR count). The Kier molecular flexibility index (Phi) is 4.34. The largest absolute Gasteiger partial charge is 0.106 e. The third kappa shape index (κ3) is 2.35. The summed E-state index contributed by atoms with van der Waals surface area (Å²) in [5.74, 6) is 2.19. The van der Waals surface area contributed by atoms with Crippen molar-refractivity contribution in [2.45, 2.75) is 43.4 Å². The lowest BCUT2D eigenvalue weighted by atomic mass is 9.82. The fraction of sp³-hybridized carbons (Fsp3) is 0.818. The summed E-state index contributed by atoms with van der Waals surface area (Å²) in [5, 5.41) is 0. The van der Waals surface area contributed by atoms with Gasteiger partial charge in [-0.3, -0.25) is 0 Å². The van der Waals surface area contributed by atoms with Crippen LogP contribution < -0.4 is 0 Å². The molecule has 0 aliphatic heterocycles. The molecule has 2 atom stereocenters. The molecule has 1 heteroatoms. The van der Waals surface area contributed by atoms with Crippen LogP contribution in [0.15, 0.2) is 13.2 Å². The zero-order chi connectivity index (χ0) is 8.97. The summed E-state index contributed by atoms with van der Waals surface area (Å²) in [4.78, 5) is 0.862. The van der Waals surface area contributed by atoms with Crippen LogP contribution in [0.1, 0.15) is 38.5 Å². The van der Waals surface area contributed by atoms with E-state index >= 15 is 0 Å². The summed E-state index contributed by atoms with van der Waals surface area (Å²) in [5.41, 5.74) is 0. The Morgan fingerprint density at radius 1 is 0.917 bits per heavy atom. The smallest absolute Gasteiger partial charge is 0.0151 e. The van der Waals surface area contributed by atoms with E-state index in [1.54, 1.807) is 0 Å². The number of hydrogen-bond donors (Lipinski definition) is 0. The van der Waals surface area contributed by atoms with E-state index < -0.39 is 0 Å². The van der Waals surface area contributed by atoms with E-state index in [-0.39, 0.29) is 0 Å². The second kappa shape index (κ2) is 5.06. The molecule has 0 bridgehead atoms. The standard InChI is InChI=1S/C9H15Br.C2H4/c10-9-5-7-3-1-2-4-8(7)6-9;1-2/h7-9H,1-6H2;1-2H2. The number of fused-ring (bicyclic) bond motifs is 1. The van der Waals surface area contributed by atoms with Crippen molar-refractivity contribution in [3.63, 3.8) is 0 Å². The van der Waals surface area contributed by atoms with Crippen LogP contribution in [0.25, 0.3) is 0 Å². The number of hydrogen-bond acceptors (Lipinski definition) is 0. The van der Waals surface area contributed by atoms with Crippen LogP contribution in [0, 0.1) is 11.8 Å². The minimum Gasteiger partial charge on any atom is -0.106 e. The van der Waals surface area contributed by atoms with E-state index in [1.165, 1.54) is 38.5 Å². The van der Waals surface area contributed by atoms with Crippen LogP contribution >= 0.6 is 15.9 Å². The van der Waals surface area contributed by atoms with Crippen LogP contribution in [0.2, 0.25) is 0 Å². The molecular formula is C11H19Br. The van der Waals surface area contributed by atoms with Crippen LogP contribution in [-0.4, -0.2) is 4.83 Å². The number of halogens is 1. The molecule has 0 spiro atoms. The zero-order valence-corrected chi connectivity index (χ0v) is 9.35. The second-order valence-corrected chi connectivity index (χ2v) is 5.17. The van der Waals surface area contributed by atoms with Gasteiger partial charge in [-0.2, -0.15) is 0 Å². The Morgan fingerprint density at radius 3 is 1.75 bits per heavy atom. The minimum atomic E-state index is 0.862. The van der Waals surface area contributed by atoms with Crippen molar-refractivity contribution < 1.29 is 0 Å². The maximum atomic E-state index is 3.73. The molecule has 2 fully saturated rings. The highest BCUT2D eigenvalue weighted by atomic mass is 79.9. The van der Waals surface area contributed by atoms with Gasteiger partial charge in [-0.25, -0.2) is 0 Å². The van der Waals surface area contributed by atoms with Crippen molar-refractivity contribution in [3.8, 4) is 0 Å². The first-order valence-electron chi connectivity index (χ1n) is 5.00. The summed E-state index contributed by atoms with van der Waals surface area (Å²) < 4.78 is 0. The number of rotatable bonds is 0. The summed E-state index contributed by atoms with van der Waals surface area (Å²) in [6, 6.07) is 0. The first kappa shape index (κ1) is 10.3. The summed E-state index contributed by atoms with van der Waals surface area (Å²) in [7, 11) is 0. The first-order valence-corrected chi connectivity index (χ1v) is 5.92. The van der Waals surface area contributed by atoms with Gasteiger partial charge in [0.05, 0.1) is 0 Å². The maximum absolute atomic E-state index is 3.73. The molecule has 2 saturated carbocycles. The Labute approximate surface area is 84.6 Å². The Balaban J connectivity index is 0.000000336. The maximum Gasteiger partial charge on any atom is 0.0151 e. The first-order chi connectivity index (χ1) is 5.86. The van der Waals surface area contributed by atoms with Gasteiger partial charge in [0.1, 0.15) is 0 Å². The average Bonchev–Trinajstić information content (AvgIpc) is 2.48. The zero-order valence-electron chi connectivity index (χ0n) is 7.77. The van der Waals surface area contributed by atoms with E-state index in [2.05, 4.69) is 29.1 Å². The van der Waals surface area contributed by atoms with Gasteiger partial charge >= 0.3 is 0 Å². The third-order valence-electron chi connectivity index (χ3n) is 3.18. The van der Waals surface area contributed by atoms with Crippen LogP contribution in [0.4, 0.5) is 0 Å². The van der Waals surface area contributed by atoms with Gasteiger partial charge in [-0.1, -0.05) is 41.6 Å². The lowest BCUT2D eigenvalue weighted by Gasteiger charge is -2.24. The van der Waals surface area contributed by atoms with Crippen molar-refractivity contribution in [1.82, 2.24) is 0 Å². The molecule has 70 valence electrons. The van der Waals surface area contributed by atoms with E-state index in [9.17, 15) is 0 Å². The van der Waals surface area contributed by atoms with Gasteiger partial charge in [0.15, 0.2) is 0 Å². The fourth-order valence-electron chi connectivity index (χ4n) is 2.66. The fourth-order valence-corrected chi connectivity index (χ4v) is 3.62. The van der Waals surface area contributed by atoms with Crippen LogP contribution in [0.5, 0.6) is 0 Å². The molecular weight excluding hydrogens is 212 g/mol. The highest BCUT2D eigenvalue weighted by Crippen LogP contribution is 2.44. The Morgan fingerprint density at radius 2 is 1.33 bits per heavy atom. The van der Waals surface area contributed by atoms with Crippen LogP contribution in [-0.2, 0) is 0 Å². The molecule has 2 unspecified atom stereocenters. The quantitative estimate of drug-likeness (QED) is 0.434. The number of alkyl halides is 1. The van der Waals surface area contributed by atoms with Gasteiger partial charge in [0.2, 0.25) is 0 Å². The van der Waals surface area contributed by atoms with Crippen molar-refractivity contribution in [1.29, 1.82) is 0 Å². The van der Waals surface area contributed by atoms with Gasteiger partial charge in [0.25, 0.3) is 0 Å². The van der Waals surface area contributed by atoms with E-state index in [0.29, 0.717) is 0 Å². The molecule has 2 aliphatic carbocycles. The van der Waals surface area contributed by atoms with E-state index in [0.717, 1.165) is 16.7 Å². The lowest BCUT2D eigenvalue weighted by molar-refractivity contribution is 0.277. The molecule has 0 saturated heterocycles. The summed E-state index contributed by atoms with van der Waals surface area (Å²) >= 11 is 3.73. The van der Waals surface area contributed by atoms with Crippen molar-refractivity contribution >= 4 is 15.9 Å². The van der Waals surface area contributed by atoms with Crippen molar-refractivity contribution in [3.05, 3.63) is 13.2 Å². The topological polar surface area (TPSA) is 0 Å². The van der Waals surface area contributed by atoms with E-state index in [4.69, 9.17) is 0 Å². The van der Waals surface area contributed by atoms with Gasteiger partial charge in [-0.05, 0) is 24.7 Å².